The van der Waals surface area contributed by atoms with Crippen molar-refractivity contribution >= 4 is 16.4 Å². The van der Waals surface area contributed by atoms with Gasteiger partial charge >= 0.3 is 5.51 Å². The van der Waals surface area contributed by atoms with Crippen LogP contribution in [0, 0.1) is 0 Å². The zero-order valence-electron chi connectivity index (χ0n) is 10.8. The Morgan fingerprint density at radius 2 is 1.33 bits per heavy atom. The van der Waals surface area contributed by atoms with Gasteiger partial charge in [-0.05, 0) is 11.1 Å². The van der Waals surface area contributed by atoms with Gasteiger partial charge in [0.2, 0.25) is 0 Å². The van der Waals surface area contributed by atoms with Crippen LogP contribution in [0.15, 0.2) is 71.8 Å². The van der Waals surface area contributed by atoms with E-state index in [9.17, 15) is 17.4 Å². The van der Waals surface area contributed by atoms with Crippen molar-refractivity contribution < 1.29 is 17.4 Å². The molecular formula is C16H11F3OS. The zero-order valence-corrected chi connectivity index (χ0v) is 11.6. The summed E-state index contributed by atoms with van der Waals surface area (Å²) in [5, 5.41) is 0.551. The fourth-order valence-electron chi connectivity index (χ4n) is 1.72. The zero-order chi connectivity index (χ0) is 15.3. The lowest BCUT2D eigenvalue weighted by molar-refractivity contribution is -0.0374. The maximum atomic E-state index is 12.3. The second kappa shape index (κ2) is 6.57. The number of hydrogen-bond donors (Lipinski definition) is 0. The van der Waals surface area contributed by atoms with Gasteiger partial charge in [0.15, 0.2) is 10.8 Å². The predicted molar refractivity (Wildman–Crippen MR) is 77.7 cm³/mol. The van der Waals surface area contributed by atoms with E-state index in [1.54, 1.807) is 48.5 Å². The van der Waals surface area contributed by atoms with Crippen molar-refractivity contribution in [3.05, 3.63) is 82.9 Å². The first kappa shape index (κ1) is 15.3. The minimum Gasteiger partial charge on any atom is -0.245 e. The quantitative estimate of drug-likeness (QED) is 0.763. The fourth-order valence-corrected chi connectivity index (χ4v) is 2.08. The molecule has 0 aliphatic rings. The number of rotatable bonds is 3. The SMILES string of the molecule is O=S(C=C=C(c1ccccc1)c1ccccc1)C(F)(F)F. The van der Waals surface area contributed by atoms with E-state index in [0.717, 1.165) is 0 Å². The highest BCUT2D eigenvalue weighted by atomic mass is 32.2. The maximum Gasteiger partial charge on any atom is 0.475 e. The molecule has 5 heteroatoms. The highest BCUT2D eigenvalue weighted by Gasteiger charge is 2.35. The van der Waals surface area contributed by atoms with Crippen LogP contribution in [-0.2, 0) is 10.8 Å². The Hall–Kier alpha value is -2.10. The van der Waals surface area contributed by atoms with Crippen LogP contribution in [0.5, 0.6) is 0 Å². The summed E-state index contributed by atoms with van der Waals surface area (Å²) >= 11 is 0. The van der Waals surface area contributed by atoms with Gasteiger partial charge in [-0.1, -0.05) is 60.7 Å². The van der Waals surface area contributed by atoms with E-state index in [-0.39, 0.29) is 0 Å². The third kappa shape index (κ3) is 4.18. The van der Waals surface area contributed by atoms with Crippen LogP contribution < -0.4 is 0 Å². The molecule has 0 heterocycles. The largest absolute Gasteiger partial charge is 0.475 e. The Labute approximate surface area is 122 Å². The van der Waals surface area contributed by atoms with Crippen molar-refractivity contribution in [2.45, 2.75) is 5.51 Å². The van der Waals surface area contributed by atoms with Gasteiger partial charge in [0, 0.05) is 5.57 Å². The van der Waals surface area contributed by atoms with E-state index < -0.39 is 16.3 Å². The lowest BCUT2D eigenvalue weighted by atomic mass is 9.99. The average Bonchev–Trinajstić information content (AvgIpc) is 2.48. The normalized spacial score (nSPS) is 12.3. The molecule has 2 aromatic rings. The molecule has 1 unspecified atom stereocenters. The second-order valence-corrected chi connectivity index (χ2v) is 5.41. The first-order valence-electron chi connectivity index (χ1n) is 6.03. The molecule has 0 saturated carbocycles. The topological polar surface area (TPSA) is 17.1 Å². The van der Waals surface area contributed by atoms with E-state index in [0.29, 0.717) is 22.1 Å². The molecule has 0 saturated heterocycles. The van der Waals surface area contributed by atoms with E-state index in [1.807, 2.05) is 12.1 Å². The highest BCUT2D eigenvalue weighted by Crippen LogP contribution is 2.24. The monoisotopic (exact) mass is 308 g/mol. The number of alkyl halides is 3. The van der Waals surface area contributed by atoms with E-state index >= 15 is 0 Å². The van der Waals surface area contributed by atoms with Gasteiger partial charge in [-0.2, -0.15) is 13.2 Å². The average molecular weight is 308 g/mol. The van der Waals surface area contributed by atoms with Crippen molar-refractivity contribution in [3.8, 4) is 0 Å². The van der Waals surface area contributed by atoms with Crippen molar-refractivity contribution in [3.63, 3.8) is 0 Å². The Morgan fingerprint density at radius 1 is 0.905 bits per heavy atom. The van der Waals surface area contributed by atoms with Gasteiger partial charge < -0.3 is 0 Å². The molecule has 108 valence electrons. The minimum absolute atomic E-state index is 0.466. The van der Waals surface area contributed by atoms with Crippen molar-refractivity contribution in [2.24, 2.45) is 0 Å². The van der Waals surface area contributed by atoms with Gasteiger partial charge in [0.05, 0.1) is 5.41 Å². The van der Waals surface area contributed by atoms with Crippen LogP contribution in [-0.4, -0.2) is 9.72 Å². The number of hydrogen-bond acceptors (Lipinski definition) is 1. The third-order valence-corrected chi connectivity index (χ3v) is 3.45. The Balaban J connectivity index is 2.53. The van der Waals surface area contributed by atoms with Gasteiger partial charge in [-0.25, -0.2) is 4.21 Å². The van der Waals surface area contributed by atoms with E-state index in [2.05, 4.69) is 5.73 Å². The Morgan fingerprint density at radius 3 is 1.71 bits per heavy atom. The molecule has 2 aromatic carbocycles. The Bertz CT molecular complexity index is 643. The first-order valence-corrected chi connectivity index (χ1v) is 7.25. The van der Waals surface area contributed by atoms with E-state index in [4.69, 9.17) is 0 Å². The molecule has 0 aliphatic carbocycles. The number of halogens is 3. The molecule has 0 fully saturated rings. The smallest absolute Gasteiger partial charge is 0.245 e. The molecule has 1 nitrogen and oxygen atoms in total. The van der Waals surface area contributed by atoms with Crippen molar-refractivity contribution in [1.29, 1.82) is 0 Å². The maximum absolute atomic E-state index is 12.3. The molecule has 0 amide bonds. The second-order valence-electron chi connectivity index (χ2n) is 4.11. The molecule has 21 heavy (non-hydrogen) atoms. The third-order valence-electron chi connectivity index (χ3n) is 2.66. The minimum atomic E-state index is -4.77. The molecular weight excluding hydrogens is 297 g/mol. The van der Waals surface area contributed by atoms with Gasteiger partial charge in [0.1, 0.15) is 0 Å². The van der Waals surface area contributed by atoms with Crippen LogP contribution in [0.2, 0.25) is 0 Å². The summed E-state index contributed by atoms with van der Waals surface area (Å²) in [4.78, 5) is 0. The lowest BCUT2D eigenvalue weighted by Crippen LogP contribution is -2.12. The van der Waals surface area contributed by atoms with Crippen molar-refractivity contribution in [1.82, 2.24) is 0 Å². The Kier molecular flexibility index (Phi) is 4.78. The summed E-state index contributed by atoms with van der Waals surface area (Å²) in [7, 11) is -3.06. The summed E-state index contributed by atoms with van der Waals surface area (Å²) in [5.41, 5.74) is -0.361. The van der Waals surface area contributed by atoms with Crippen molar-refractivity contribution in [2.75, 3.05) is 0 Å². The van der Waals surface area contributed by atoms with Crippen LogP contribution in [0.25, 0.3) is 5.57 Å². The van der Waals surface area contributed by atoms with Crippen LogP contribution in [0.4, 0.5) is 13.2 Å². The number of benzene rings is 2. The summed E-state index contributed by atoms with van der Waals surface area (Å²) in [5.74, 6) is 0. The molecule has 0 bridgehead atoms. The standard InChI is InChI=1S/C16H11F3OS/c17-16(18,19)21(20)12-11-15(13-7-3-1-4-8-13)14-9-5-2-6-10-14/h1-10,12H. The predicted octanol–water partition coefficient (Wildman–Crippen LogP) is 4.50. The lowest BCUT2D eigenvalue weighted by Gasteiger charge is -2.05. The fraction of sp³-hybridized carbons (Fsp3) is 0.0625. The summed E-state index contributed by atoms with van der Waals surface area (Å²) < 4.78 is 48.1. The van der Waals surface area contributed by atoms with Gasteiger partial charge in [0.25, 0.3) is 0 Å². The molecule has 2 rings (SSSR count). The van der Waals surface area contributed by atoms with Gasteiger partial charge in [-0.3, -0.25) is 0 Å². The summed E-state index contributed by atoms with van der Waals surface area (Å²) in [6, 6.07) is 17.8. The molecule has 0 aromatic heterocycles. The molecule has 0 spiro atoms. The molecule has 0 radical (unpaired) electrons. The molecule has 0 N–H and O–H groups in total. The molecule has 0 aliphatic heterocycles. The van der Waals surface area contributed by atoms with E-state index in [1.165, 1.54) is 0 Å². The molecule has 1 atom stereocenters. The van der Waals surface area contributed by atoms with Crippen LogP contribution in [0.1, 0.15) is 11.1 Å². The van der Waals surface area contributed by atoms with Gasteiger partial charge in [-0.15, -0.1) is 5.73 Å². The summed E-state index contributed by atoms with van der Waals surface area (Å²) in [6.45, 7) is 0. The summed E-state index contributed by atoms with van der Waals surface area (Å²) in [6.07, 6.45) is 0. The van der Waals surface area contributed by atoms with Crippen LogP contribution in [0.3, 0.4) is 0 Å². The van der Waals surface area contributed by atoms with Crippen LogP contribution >= 0.6 is 0 Å². The first-order chi connectivity index (χ1) is 9.98. The highest BCUT2D eigenvalue weighted by molar-refractivity contribution is 7.88.